The Morgan fingerprint density at radius 2 is 1.68 bits per heavy atom. The molecular formula is C11H16ClF4NO2. The maximum atomic E-state index is 12.7. The number of alkyl halides is 5. The van der Waals surface area contributed by atoms with Crippen LogP contribution >= 0.6 is 11.6 Å². The summed E-state index contributed by atoms with van der Waals surface area (Å²) in [6.45, 7) is 2.82. The van der Waals surface area contributed by atoms with Crippen molar-refractivity contribution < 1.29 is 27.2 Å². The first kappa shape index (κ1) is 18.1. The molecule has 0 rings (SSSR count). The van der Waals surface area contributed by atoms with Gasteiger partial charge in [0, 0.05) is 12.0 Å². The molecule has 0 saturated carbocycles. The van der Waals surface area contributed by atoms with E-state index in [-0.39, 0.29) is 18.7 Å². The van der Waals surface area contributed by atoms with Crippen LogP contribution in [0.3, 0.4) is 0 Å². The number of rotatable bonds is 8. The van der Waals surface area contributed by atoms with Crippen molar-refractivity contribution in [3.05, 3.63) is 0 Å². The Labute approximate surface area is 113 Å². The molecular weight excluding hydrogens is 290 g/mol. The van der Waals surface area contributed by atoms with Crippen LogP contribution in [-0.2, 0) is 9.59 Å². The molecule has 0 atom stereocenters. The van der Waals surface area contributed by atoms with E-state index in [4.69, 9.17) is 11.6 Å². The van der Waals surface area contributed by atoms with Gasteiger partial charge in [-0.3, -0.25) is 9.59 Å². The average molecular weight is 306 g/mol. The minimum Gasteiger partial charge on any atom is -0.350 e. The van der Waals surface area contributed by atoms with Crippen LogP contribution < -0.4 is 5.32 Å². The Hall–Kier alpha value is -0.850. The molecule has 0 aliphatic heterocycles. The molecule has 0 aromatic rings. The molecule has 8 heteroatoms. The van der Waals surface area contributed by atoms with Crippen molar-refractivity contribution >= 4 is 23.3 Å². The number of Topliss-reactive ketones (excluding diaryl/α,β-unsaturated/α-hetero) is 1. The standard InChI is InChI=1S/C11H16ClF4NO2/c1-3-10(4-2,7(18)5-12)6-17-9(19)11(15,16)8(13)14/h8H,3-6H2,1-2H3,(H,17,19). The van der Waals surface area contributed by atoms with Gasteiger partial charge in [0.15, 0.2) is 5.78 Å². The van der Waals surface area contributed by atoms with Crippen LogP contribution in [0.2, 0.25) is 0 Å². The number of halogens is 5. The normalized spacial score (nSPS) is 12.6. The van der Waals surface area contributed by atoms with Crippen LogP contribution in [0.1, 0.15) is 26.7 Å². The summed E-state index contributed by atoms with van der Waals surface area (Å²) in [6, 6.07) is 0. The van der Waals surface area contributed by atoms with Gasteiger partial charge in [0.25, 0.3) is 5.91 Å². The van der Waals surface area contributed by atoms with Gasteiger partial charge in [0.05, 0.1) is 5.88 Å². The lowest BCUT2D eigenvalue weighted by Gasteiger charge is -2.30. The predicted octanol–water partition coefficient (Wildman–Crippen LogP) is 2.62. The molecule has 0 aliphatic carbocycles. The van der Waals surface area contributed by atoms with Crippen molar-refractivity contribution in [2.75, 3.05) is 12.4 Å². The summed E-state index contributed by atoms with van der Waals surface area (Å²) in [7, 11) is 0. The van der Waals surface area contributed by atoms with E-state index >= 15 is 0 Å². The third-order valence-electron chi connectivity index (χ3n) is 3.23. The summed E-state index contributed by atoms with van der Waals surface area (Å²) < 4.78 is 49.4. The number of carbonyl (C=O) groups excluding carboxylic acids is 2. The fraction of sp³-hybridized carbons (Fsp3) is 0.818. The van der Waals surface area contributed by atoms with E-state index in [1.165, 1.54) is 0 Å². The molecule has 0 aromatic carbocycles. The van der Waals surface area contributed by atoms with Gasteiger partial charge >= 0.3 is 12.3 Å². The molecule has 0 fully saturated rings. The zero-order valence-corrected chi connectivity index (χ0v) is 11.4. The van der Waals surface area contributed by atoms with Gasteiger partial charge in [-0.25, -0.2) is 8.78 Å². The highest BCUT2D eigenvalue weighted by atomic mass is 35.5. The summed E-state index contributed by atoms with van der Waals surface area (Å²) in [5.41, 5.74) is -1.10. The van der Waals surface area contributed by atoms with Crippen LogP contribution in [0.15, 0.2) is 0 Å². The summed E-state index contributed by atoms with van der Waals surface area (Å²) in [5, 5.41) is 1.71. The van der Waals surface area contributed by atoms with E-state index in [0.29, 0.717) is 0 Å². The van der Waals surface area contributed by atoms with Crippen molar-refractivity contribution in [1.29, 1.82) is 0 Å². The number of ketones is 1. The van der Waals surface area contributed by atoms with Gasteiger partial charge < -0.3 is 5.32 Å². The SMILES string of the molecule is CCC(CC)(CNC(=O)C(F)(F)C(F)F)C(=O)CCl. The highest BCUT2D eigenvalue weighted by molar-refractivity contribution is 6.28. The monoisotopic (exact) mass is 305 g/mol. The molecule has 0 aliphatic rings. The first-order valence-electron chi connectivity index (χ1n) is 5.71. The van der Waals surface area contributed by atoms with Crippen molar-refractivity contribution in [3.63, 3.8) is 0 Å². The molecule has 0 bridgehead atoms. The Balaban J connectivity index is 4.84. The topological polar surface area (TPSA) is 46.2 Å². The highest BCUT2D eigenvalue weighted by Gasteiger charge is 2.49. The third-order valence-corrected chi connectivity index (χ3v) is 3.47. The van der Waals surface area contributed by atoms with Crippen LogP contribution in [0.4, 0.5) is 17.6 Å². The lowest BCUT2D eigenvalue weighted by atomic mass is 9.78. The van der Waals surface area contributed by atoms with Crippen LogP contribution in [0, 0.1) is 5.41 Å². The predicted molar refractivity (Wildman–Crippen MR) is 62.7 cm³/mol. The van der Waals surface area contributed by atoms with Crippen LogP contribution in [0.25, 0.3) is 0 Å². The second-order valence-corrected chi connectivity index (χ2v) is 4.42. The molecule has 0 heterocycles. The average Bonchev–Trinajstić information content (AvgIpc) is 2.39. The maximum Gasteiger partial charge on any atom is 0.383 e. The van der Waals surface area contributed by atoms with Crippen molar-refractivity contribution in [3.8, 4) is 0 Å². The Kier molecular flexibility index (Phi) is 6.76. The van der Waals surface area contributed by atoms with Gasteiger partial charge in [-0.05, 0) is 12.8 Å². The quantitative estimate of drug-likeness (QED) is 0.553. The largest absolute Gasteiger partial charge is 0.383 e. The Morgan fingerprint density at radius 3 is 2.00 bits per heavy atom. The zero-order valence-electron chi connectivity index (χ0n) is 10.6. The molecule has 19 heavy (non-hydrogen) atoms. The highest BCUT2D eigenvalue weighted by Crippen LogP contribution is 2.29. The van der Waals surface area contributed by atoms with Gasteiger partial charge in [-0.15, -0.1) is 11.6 Å². The lowest BCUT2D eigenvalue weighted by molar-refractivity contribution is -0.170. The second kappa shape index (κ2) is 7.07. The first-order chi connectivity index (χ1) is 8.67. The summed E-state index contributed by atoms with van der Waals surface area (Å²) in [5.74, 6) is -7.60. The van der Waals surface area contributed by atoms with Gasteiger partial charge in [-0.1, -0.05) is 13.8 Å². The minimum absolute atomic E-state index is 0.260. The van der Waals surface area contributed by atoms with E-state index in [1.807, 2.05) is 0 Å². The molecule has 1 N–H and O–H groups in total. The molecule has 1 amide bonds. The summed E-state index contributed by atoms with van der Waals surface area (Å²) >= 11 is 5.42. The van der Waals surface area contributed by atoms with Crippen molar-refractivity contribution in [2.45, 2.75) is 39.0 Å². The smallest absolute Gasteiger partial charge is 0.350 e. The number of hydrogen-bond acceptors (Lipinski definition) is 2. The summed E-state index contributed by atoms with van der Waals surface area (Å²) in [6.07, 6.45) is -3.57. The molecule has 0 saturated heterocycles. The van der Waals surface area contributed by atoms with Crippen LogP contribution in [0.5, 0.6) is 0 Å². The number of hydrogen-bond donors (Lipinski definition) is 1. The Morgan fingerprint density at radius 1 is 1.21 bits per heavy atom. The minimum atomic E-state index is -4.77. The Bertz CT molecular complexity index is 333. The molecule has 0 radical (unpaired) electrons. The fourth-order valence-corrected chi connectivity index (χ4v) is 1.88. The fourth-order valence-electron chi connectivity index (χ4n) is 1.60. The van der Waals surface area contributed by atoms with Crippen LogP contribution in [-0.4, -0.2) is 36.5 Å². The molecule has 112 valence electrons. The lowest BCUT2D eigenvalue weighted by Crippen LogP contribution is -2.50. The van der Waals surface area contributed by atoms with E-state index in [1.54, 1.807) is 19.2 Å². The molecule has 0 spiro atoms. The number of carbonyl (C=O) groups is 2. The van der Waals surface area contributed by atoms with E-state index in [0.717, 1.165) is 0 Å². The maximum absolute atomic E-state index is 12.7. The summed E-state index contributed by atoms with van der Waals surface area (Å²) in [4.78, 5) is 22.7. The van der Waals surface area contributed by atoms with Gasteiger partial charge in [0.2, 0.25) is 0 Å². The van der Waals surface area contributed by atoms with Gasteiger partial charge in [0.1, 0.15) is 0 Å². The van der Waals surface area contributed by atoms with Crippen molar-refractivity contribution in [2.24, 2.45) is 5.41 Å². The second-order valence-electron chi connectivity index (χ2n) is 4.15. The molecule has 3 nitrogen and oxygen atoms in total. The first-order valence-corrected chi connectivity index (χ1v) is 6.25. The molecule has 0 aromatic heterocycles. The van der Waals surface area contributed by atoms with Crippen molar-refractivity contribution in [1.82, 2.24) is 5.32 Å². The molecule has 0 unspecified atom stereocenters. The zero-order chi connectivity index (χ0) is 15.3. The van der Waals surface area contributed by atoms with E-state index < -0.39 is 36.0 Å². The van der Waals surface area contributed by atoms with E-state index in [2.05, 4.69) is 0 Å². The van der Waals surface area contributed by atoms with Gasteiger partial charge in [-0.2, -0.15) is 8.78 Å². The third kappa shape index (κ3) is 4.06. The van der Waals surface area contributed by atoms with E-state index in [9.17, 15) is 27.2 Å². The number of nitrogens with one attached hydrogen (secondary N) is 1. The number of amides is 1.